The van der Waals surface area contributed by atoms with Crippen molar-refractivity contribution in [3.8, 4) is 0 Å². The van der Waals surface area contributed by atoms with Gasteiger partial charge in [-0.2, -0.15) is 0 Å². The van der Waals surface area contributed by atoms with Gasteiger partial charge in [0.1, 0.15) is 5.60 Å². The first-order valence-electron chi connectivity index (χ1n) is 5.84. The van der Waals surface area contributed by atoms with Gasteiger partial charge in [-0.3, -0.25) is 0 Å². The zero-order valence-electron chi connectivity index (χ0n) is 10.5. The minimum atomic E-state index is -3.24. The Kier molecular flexibility index (Phi) is 5.81. The summed E-state index contributed by atoms with van der Waals surface area (Å²) in [7, 11) is -1.65. The summed E-state index contributed by atoms with van der Waals surface area (Å²) in [5.41, 5.74) is -0.495. The summed E-state index contributed by atoms with van der Waals surface area (Å²) < 4.78 is 36.5. The Hall–Kier alpha value is -0.210. The summed E-state index contributed by atoms with van der Waals surface area (Å²) in [6.07, 6.45) is 0.721. The fraction of sp³-hybridized carbons (Fsp3) is 1.00. The van der Waals surface area contributed by atoms with Crippen LogP contribution in [0.5, 0.6) is 0 Å². The molecule has 0 aromatic heterocycles. The van der Waals surface area contributed by atoms with Crippen LogP contribution in [0.1, 0.15) is 13.3 Å². The van der Waals surface area contributed by atoms with Crippen LogP contribution in [-0.4, -0.2) is 59.7 Å². The maximum Gasteiger partial charge on any atom is 0.212 e. The molecule has 0 aliphatic carbocycles. The minimum Gasteiger partial charge on any atom is -0.378 e. The fourth-order valence-electron chi connectivity index (χ4n) is 1.66. The van der Waals surface area contributed by atoms with Crippen LogP contribution >= 0.6 is 0 Å². The number of ether oxygens (including phenoxy) is 2. The lowest BCUT2D eigenvalue weighted by Gasteiger charge is -2.25. The Labute approximate surface area is 103 Å². The molecule has 102 valence electrons. The average molecular weight is 266 g/mol. The van der Waals surface area contributed by atoms with E-state index in [2.05, 4.69) is 10.0 Å². The third-order valence-corrected chi connectivity index (χ3v) is 4.24. The van der Waals surface area contributed by atoms with E-state index in [0.717, 1.165) is 13.0 Å². The van der Waals surface area contributed by atoms with Crippen molar-refractivity contribution in [2.45, 2.75) is 18.9 Å². The Morgan fingerprint density at radius 3 is 2.76 bits per heavy atom. The summed E-state index contributed by atoms with van der Waals surface area (Å²) >= 11 is 0. The van der Waals surface area contributed by atoms with Gasteiger partial charge in [0.2, 0.25) is 10.0 Å². The Bertz CT molecular complexity index is 312. The molecule has 0 aromatic rings. The molecular weight excluding hydrogens is 244 g/mol. The molecule has 1 aliphatic heterocycles. The molecule has 0 spiro atoms. The van der Waals surface area contributed by atoms with Crippen molar-refractivity contribution in [3.05, 3.63) is 0 Å². The van der Waals surface area contributed by atoms with Gasteiger partial charge >= 0.3 is 0 Å². The Morgan fingerprint density at radius 2 is 2.24 bits per heavy atom. The highest BCUT2D eigenvalue weighted by molar-refractivity contribution is 7.89. The van der Waals surface area contributed by atoms with Gasteiger partial charge in [-0.1, -0.05) is 6.92 Å². The minimum absolute atomic E-state index is 0.0848. The van der Waals surface area contributed by atoms with Crippen molar-refractivity contribution in [1.29, 1.82) is 0 Å². The summed E-state index contributed by atoms with van der Waals surface area (Å²) in [6, 6.07) is 0. The van der Waals surface area contributed by atoms with Crippen LogP contribution < -0.4 is 10.0 Å². The summed E-state index contributed by atoms with van der Waals surface area (Å²) in [5.74, 6) is 0.0848. The van der Waals surface area contributed by atoms with E-state index < -0.39 is 15.6 Å². The van der Waals surface area contributed by atoms with Crippen LogP contribution in [0.3, 0.4) is 0 Å². The van der Waals surface area contributed by atoms with Gasteiger partial charge in [0, 0.05) is 33.2 Å². The smallest absolute Gasteiger partial charge is 0.212 e. The largest absolute Gasteiger partial charge is 0.378 e. The maximum absolute atomic E-state index is 11.7. The molecule has 0 bridgehead atoms. The predicted molar refractivity (Wildman–Crippen MR) is 65.5 cm³/mol. The molecule has 1 atom stereocenters. The number of hydrogen-bond donors (Lipinski definition) is 2. The summed E-state index contributed by atoms with van der Waals surface area (Å²) in [5, 5.41) is 2.98. The van der Waals surface area contributed by atoms with Gasteiger partial charge in [0.15, 0.2) is 0 Å². The number of nitrogens with one attached hydrogen (secondary N) is 2. The van der Waals surface area contributed by atoms with Crippen LogP contribution in [0, 0.1) is 0 Å². The van der Waals surface area contributed by atoms with Crippen LogP contribution in [0.25, 0.3) is 0 Å². The molecule has 1 heterocycles. The zero-order valence-corrected chi connectivity index (χ0v) is 11.3. The maximum atomic E-state index is 11.7. The van der Waals surface area contributed by atoms with Crippen molar-refractivity contribution in [3.63, 3.8) is 0 Å². The van der Waals surface area contributed by atoms with Crippen molar-refractivity contribution in [2.75, 3.05) is 45.7 Å². The van der Waals surface area contributed by atoms with E-state index in [1.54, 1.807) is 7.11 Å². The van der Waals surface area contributed by atoms with E-state index in [1.165, 1.54) is 0 Å². The number of methoxy groups -OCH3 is 1. The van der Waals surface area contributed by atoms with Crippen LogP contribution in [0.4, 0.5) is 0 Å². The van der Waals surface area contributed by atoms with E-state index in [-0.39, 0.29) is 12.3 Å². The second-order valence-corrected chi connectivity index (χ2v) is 6.11. The second-order valence-electron chi connectivity index (χ2n) is 4.18. The normalized spacial score (nSPS) is 25.3. The SMILES string of the molecule is CCNCCS(=O)(=O)NCC1(OC)CCOC1. The molecule has 0 aromatic carbocycles. The molecule has 0 amide bonds. The van der Waals surface area contributed by atoms with Crippen molar-refractivity contribution >= 4 is 10.0 Å². The van der Waals surface area contributed by atoms with E-state index >= 15 is 0 Å². The lowest BCUT2D eigenvalue weighted by atomic mass is 10.0. The lowest BCUT2D eigenvalue weighted by molar-refractivity contribution is -0.0120. The molecule has 1 fully saturated rings. The van der Waals surface area contributed by atoms with Crippen LogP contribution in [0.15, 0.2) is 0 Å². The van der Waals surface area contributed by atoms with Crippen LogP contribution in [-0.2, 0) is 19.5 Å². The van der Waals surface area contributed by atoms with E-state index in [4.69, 9.17) is 9.47 Å². The molecule has 1 aliphatic rings. The molecule has 2 N–H and O–H groups in total. The zero-order chi connectivity index (χ0) is 12.8. The lowest BCUT2D eigenvalue weighted by Crippen LogP contribution is -2.46. The molecule has 0 radical (unpaired) electrons. The van der Waals surface area contributed by atoms with Crippen molar-refractivity contribution < 1.29 is 17.9 Å². The third kappa shape index (κ3) is 4.89. The summed E-state index contributed by atoms with van der Waals surface area (Å²) in [6.45, 7) is 4.51. The topological polar surface area (TPSA) is 76.7 Å². The number of rotatable bonds is 8. The molecular formula is C10H22N2O4S. The molecule has 0 saturated carbocycles. The van der Waals surface area contributed by atoms with Crippen molar-refractivity contribution in [2.24, 2.45) is 0 Å². The molecule has 1 unspecified atom stereocenters. The van der Waals surface area contributed by atoms with Gasteiger partial charge in [-0.25, -0.2) is 13.1 Å². The Balaban J connectivity index is 2.37. The van der Waals surface area contributed by atoms with E-state index in [1.807, 2.05) is 6.92 Å². The molecule has 17 heavy (non-hydrogen) atoms. The molecule has 7 heteroatoms. The van der Waals surface area contributed by atoms with Crippen LogP contribution in [0.2, 0.25) is 0 Å². The second kappa shape index (κ2) is 6.65. The third-order valence-electron chi connectivity index (χ3n) is 2.91. The standard InChI is InChI=1S/C10H22N2O4S/c1-3-11-5-7-17(13,14)12-8-10(15-2)4-6-16-9-10/h11-12H,3-9H2,1-2H3. The van der Waals surface area contributed by atoms with Gasteiger partial charge in [0.05, 0.1) is 12.4 Å². The molecule has 6 nitrogen and oxygen atoms in total. The molecule has 1 saturated heterocycles. The fourth-order valence-corrected chi connectivity index (χ4v) is 2.70. The first kappa shape index (κ1) is 14.8. The first-order valence-corrected chi connectivity index (χ1v) is 7.50. The highest BCUT2D eigenvalue weighted by Crippen LogP contribution is 2.21. The highest BCUT2D eigenvalue weighted by atomic mass is 32.2. The van der Waals surface area contributed by atoms with Gasteiger partial charge in [-0.05, 0) is 6.54 Å². The van der Waals surface area contributed by atoms with E-state index in [0.29, 0.717) is 19.8 Å². The number of hydrogen-bond acceptors (Lipinski definition) is 5. The highest BCUT2D eigenvalue weighted by Gasteiger charge is 2.35. The van der Waals surface area contributed by atoms with E-state index in [9.17, 15) is 8.42 Å². The molecule has 1 rings (SSSR count). The van der Waals surface area contributed by atoms with Gasteiger partial charge in [0.25, 0.3) is 0 Å². The quantitative estimate of drug-likeness (QED) is 0.569. The monoisotopic (exact) mass is 266 g/mol. The average Bonchev–Trinajstić information content (AvgIpc) is 2.76. The summed E-state index contributed by atoms with van der Waals surface area (Å²) in [4.78, 5) is 0. The van der Waals surface area contributed by atoms with Gasteiger partial charge in [-0.15, -0.1) is 0 Å². The number of sulfonamides is 1. The van der Waals surface area contributed by atoms with Gasteiger partial charge < -0.3 is 14.8 Å². The predicted octanol–water partition coefficient (Wildman–Crippen LogP) is -0.679. The Morgan fingerprint density at radius 1 is 1.47 bits per heavy atom. The first-order chi connectivity index (χ1) is 8.04. The van der Waals surface area contributed by atoms with Crippen molar-refractivity contribution in [1.82, 2.24) is 10.0 Å².